The lowest BCUT2D eigenvalue weighted by atomic mass is 10.1. The third kappa shape index (κ3) is 3.72. The second-order valence-corrected chi connectivity index (χ2v) is 3.45. The minimum absolute atomic E-state index is 0.0692. The first kappa shape index (κ1) is 12.9. The number of carbonyl (C=O) groups excluding carboxylic acids is 1. The smallest absolute Gasteiger partial charge is 0.255 e. The number of methoxy groups -OCH3 is 1. The Hall–Kier alpha value is -2.15. The van der Waals surface area contributed by atoms with Gasteiger partial charge in [-0.2, -0.15) is 0 Å². The topological polar surface area (TPSA) is 58.6 Å². The number of terminal acetylenes is 1. The maximum absolute atomic E-state index is 11.7. The third-order valence-corrected chi connectivity index (χ3v) is 2.23. The van der Waals surface area contributed by atoms with Gasteiger partial charge < -0.3 is 15.2 Å². The lowest BCUT2D eigenvalue weighted by Crippen LogP contribution is -2.24. The van der Waals surface area contributed by atoms with Gasteiger partial charge in [-0.25, -0.2) is 0 Å². The zero-order valence-electron chi connectivity index (χ0n) is 9.69. The van der Waals surface area contributed by atoms with Gasteiger partial charge in [0.25, 0.3) is 5.91 Å². The number of rotatable bonds is 5. The van der Waals surface area contributed by atoms with Crippen LogP contribution in [0.2, 0.25) is 0 Å². The van der Waals surface area contributed by atoms with E-state index in [-0.39, 0.29) is 17.2 Å². The largest absolute Gasteiger partial charge is 0.507 e. The number of ether oxygens (including phenoxy) is 1. The van der Waals surface area contributed by atoms with Crippen molar-refractivity contribution in [2.45, 2.75) is 12.8 Å². The van der Waals surface area contributed by atoms with E-state index in [2.05, 4.69) is 11.2 Å². The van der Waals surface area contributed by atoms with Gasteiger partial charge in [-0.1, -0.05) is 0 Å². The van der Waals surface area contributed by atoms with Gasteiger partial charge in [-0.3, -0.25) is 4.79 Å². The standard InChI is InChI=1S/C13H15NO3/c1-3-4-5-8-14-13(16)11-9-10(17-2)6-7-12(11)15/h1,6-7,9,15H,4-5,8H2,2H3,(H,14,16). The fourth-order valence-corrected chi connectivity index (χ4v) is 1.31. The normalized spacial score (nSPS) is 9.41. The van der Waals surface area contributed by atoms with E-state index in [1.165, 1.54) is 19.2 Å². The molecule has 90 valence electrons. The number of amides is 1. The van der Waals surface area contributed by atoms with Crippen molar-refractivity contribution in [3.8, 4) is 23.8 Å². The van der Waals surface area contributed by atoms with Crippen LogP contribution in [0.3, 0.4) is 0 Å². The highest BCUT2D eigenvalue weighted by Crippen LogP contribution is 2.22. The second kappa shape index (κ2) is 6.44. The lowest BCUT2D eigenvalue weighted by Gasteiger charge is -2.07. The van der Waals surface area contributed by atoms with Crippen LogP contribution in [-0.2, 0) is 0 Å². The predicted octanol–water partition coefficient (Wildman–Crippen LogP) is 1.54. The Bertz CT molecular complexity index is 435. The molecule has 0 aliphatic carbocycles. The molecule has 17 heavy (non-hydrogen) atoms. The van der Waals surface area contributed by atoms with E-state index >= 15 is 0 Å². The van der Waals surface area contributed by atoms with Gasteiger partial charge in [0.1, 0.15) is 11.5 Å². The zero-order valence-corrected chi connectivity index (χ0v) is 9.69. The summed E-state index contributed by atoms with van der Waals surface area (Å²) in [4.78, 5) is 11.7. The van der Waals surface area contributed by atoms with Gasteiger partial charge >= 0.3 is 0 Å². The summed E-state index contributed by atoms with van der Waals surface area (Å²) in [7, 11) is 1.50. The Morgan fingerprint density at radius 1 is 1.59 bits per heavy atom. The van der Waals surface area contributed by atoms with E-state index in [4.69, 9.17) is 11.2 Å². The van der Waals surface area contributed by atoms with Crippen molar-refractivity contribution in [3.05, 3.63) is 23.8 Å². The molecule has 1 aromatic rings. The Balaban J connectivity index is 2.65. The van der Waals surface area contributed by atoms with Crippen LogP contribution in [0.5, 0.6) is 11.5 Å². The number of hydrogen-bond donors (Lipinski definition) is 2. The highest BCUT2D eigenvalue weighted by atomic mass is 16.5. The molecule has 1 aromatic carbocycles. The van der Waals surface area contributed by atoms with E-state index in [0.29, 0.717) is 25.1 Å². The van der Waals surface area contributed by atoms with Crippen LogP contribution in [0, 0.1) is 12.3 Å². The van der Waals surface area contributed by atoms with E-state index < -0.39 is 0 Å². The average Bonchev–Trinajstić information content (AvgIpc) is 2.35. The molecule has 4 heteroatoms. The third-order valence-electron chi connectivity index (χ3n) is 2.23. The minimum Gasteiger partial charge on any atom is -0.507 e. The molecule has 4 nitrogen and oxygen atoms in total. The van der Waals surface area contributed by atoms with Crippen molar-refractivity contribution in [1.82, 2.24) is 5.32 Å². The number of phenolic OH excluding ortho intramolecular Hbond substituents is 1. The van der Waals surface area contributed by atoms with Gasteiger partial charge in [-0.05, 0) is 24.6 Å². The quantitative estimate of drug-likeness (QED) is 0.599. The number of aromatic hydroxyl groups is 1. The predicted molar refractivity (Wildman–Crippen MR) is 65.1 cm³/mol. The van der Waals surface area contributed by atoms with Gasteiger partial charge in [-0.15, -0.1) is 12.3 Å². The molecule has 0 aliphatic rings. The first-order chi connectivity index (χ1) is 8.19. The van der Waals surface area contributed by atoms with Crippen LogP contribution >= 0.6 is 0 Å². The number of carbonyl (C=O) groups is 1. The fourth-order valence-electron chi connectivity index (χ4n) is 1.31. The molecule has 1 rings (SSSR count). The van der Waals surface area contributed by atoms with E-state index in [1.807, 2.05) is 0 Å². The number of benzene rings is 1. The summed E-state index contributed by atoms with van der Waals surface area (Å²) in [6, 6.07) is 4.51. The summed E-state index contributed by atoms with van der Waals surface area (Å²) in [5.74, 6) is 2.61. The van der Waals surface area contributed by atoms with Crippen molar-refractivity contribution < 1.29 is 14.6 Å². The van der Waals surface area contributed by atoms with Gasteiger partial charge in [0.05, 0.1) is 12.7 Å². The zero-order chi connectivity index (χ0) is 12.7. The minimum atomic E-state index is -0.335. The Kier molecular flexibility index (Phi) is 4.89. The number of nitrogens with one attached hydrogen (secondary N) is 1. The number of phenols is 1. The molecule has 0 fully saturated rings. The van der Waals surface area contributed by atoms with Crippen LogP contribution in [0.15, 0.2) is 18.2 Å². The molecule has 1 amide bonds. The molecule has 0 bridgehead atoms. The highest BCUT2D eigenvalue weighted by Gasteiger charge is 2.11. The molecule has 0 heterocycles. The fraction of sp³-hybridized carbons (Fsp3) is 0.308. The number of unbranched alkanes of at least 4 members (excludes halogenated alkanes) is 1. The summed E-state index contributed by atoms with van der Waals surface area (Å²) in [5.41, 5.74) is 0.199. The molecule has 0 aliphatic heterocycles. The van der Waals surface area contributed by atoms with E-state index in [0.717, 1.165) is 0 Å². The number of hydrogen-bond acceptors (Lipinski definition) is 3. The average molecular weight is 233 g/mol. The van der Waals surface area contributed by atoms with E-state index in [9.17, 15) is 9.90 Å². The Morgan fingerprint density at radius 2 is 2.35 bits per heavy atom. The maximum atomic E-state index is 11.7. The summed E-state index contributed by atoms with van der Waals surface area (Å²) in [5, 5.41) is 12.2. The molecule has 0 unspecified atom stereocenters. The van der Waals surface area contributed by atoms with Crippen LogP contribution in [-0.4, -0.2) is 24.7 Å². The van der Waals surface area contributed by atoms with Gasteiger partial charge in [0.15, 0.2) is 0 Å². The van der Waals surface area contributed by atoms with Gasteiger partial charge in [0.2, 0.25) is 0 Å². The molecule has 0 saturated heterocycles. The van der Waals surface area contributed by atoms with Gasteiger partial charge in [0, 0.05) is 13.0 Å². The maximum Gasteiger partial charge on any atom is 0.255 e. The first-order valence-corrected chi connectivity index (χ1v) is 5.27. The van der Waals surface area contributed by atoms with Crippen LogP contribution in [0.1, 0.15) is 23.2 Å². The van der Waals surface area contributed by atoms with Crippen molar-refractivity contribution in [2.24, 2.45) is 0 Å². The molecule has 2 N–H and O–H groups in total. The van der Waals surface area contributed by atoms with Crippen LogP contribution in [0.25, 0.3) is 0 Å². The van der Waals surface area contributed by atoms with Crippen LogP contribution < -0.4 is 10.1 Å². The molecule has 0 atom stereocenters. The Morgan fingerprint density at radius 3 is 3.00 bits per heavy atom. The van der Waals surface area contributed by atoms with E-state index in [1.54, 1.807) is 6.07 Å². The summed E-state index contributed by atoms with van der Waals surface area (Å²) in [6.45, 7) is 0.486. The second-order valence-electron chi connectivity index (χ2n) is 3.45. The molecule has 0 radical (unpaired) electrons. The highest BCUT2D eigenvalue weighted by molar-refractivity contribution is 5.97. The molecular formula is C13H15NO3. The van der Waals surface area contributed by atoms with Crippen molar-refractivity contribution in [3.63, 3.8) is 0 Å². The summed E-state index contributed by atoms with van der Waals surface area (Å²) >= 11 is 0. The van der Waals surface area contributed by atoms with Crippen molar-refractivity contribution >= 4 is 5.91 Å². The molecule has 0 spiro atoms. The first-order valence-electron chi connectivity index (χ1n) is 5.27. The van der Waals surface area contributed by atoms with Crippen molar-refractivity contribution in [1.29, 1.82) is 0 Å². The van der Waals surface area contributed by atoms with Crippen molar-refractivity contribution in [2.75, 3.05) is 13.7 Å². The Labute approximate surface area is 101 Å². The molecular weight excluding hydrogens is 218 g/mol. The lowest BCUT2D eigenvalue weighted by molar-refractivity contribution is 0.0950. The monoisotopic (exact) mass is 233 g/mol. The molecule has 0 saturated carbocycles. The van der Waals surface area contributed by atoms with Crippen LogP contribution in [0.4, 0.5) is 0 Å². The summed E-state index contributed by atoms with van der Waals surface area (Å²) in [6.07, 6.45) is 6.43. The summed E-state index contributed by atoms with van der Waals surface area (Å²) < 4.78 is 4.99. The molecule has 0 aromatic heterocycles. The SMILES string of the molecule is C#CCCCNC(=O)c1cc(OC)ccc1O.